The number of halogens is 1. The van der Waals surface area contributed by atoms with E-state index in [1.807, 2.05) is 6.92 Å². The molecule has 0 saturated heterocycles. The van der Waals surface area contributed by atoms with Crippen molar-refractivity contribution in [2.24, 2.45) is 0 Å². The lowest BCUT2D eigenvalue weighted by Gasteiger charge is -2.09. The van der Waals surface area contributed by atoms with E-state index >= 15 is 0 Å². The number of rotatable bonds is 8. The summed E-state index contributed by atoms with van der Waals surface area (Å²) in [5.41, 5.74) is 0.967. The van der Waals surface area contributed by atoms with E-state index in [-0.39, 0.29) is 24.1 Å². The first-order valence-corrected chi connectivity index (χ1v) is 9.13. The minimum Gasteiger partial charge on any atom is -0.355 e. The normalized spacial score (nSPS) is 10.7. The fraction of sp³-hybridized carbons (Fsp3) is 0.333. The smallest absolute Gasteiger partial charge is 0.256 e. The molecule has 0 saturated carbocycles. The minimum absolute atomic E-state index is 0.204. The van der Waals surface area contributed by atoms with Crippen LogP contribution in [0.5, 0.6) is 0 Å². The molecular weight excluding hydrogens is 379 g/mol. The number of tetrazole rings is 1. The first-order chi connectivity index (χ1) is 14.0. The molecule has 3 rings (SSSR count). The monoisotopic (exact) mass is 400 g/mol. The Morgan fingerprint density at radius 2 is 1.97 bits per heavy atom. The van der Waals surface area contributed by atoms with Crippen LogP contribution in [-0.2, 0) is 17.9 Å². The van der Waals surface area contributed by atoms with Gasteiger partial charge < -0.3 is 10.6 Å². The molecule has 11 heteroatoms. The minimum atomic E-state index is -0.337. The Balaban J connectivity index is 1.55. The van der Waals surface area contributed by atoms with E-state index in [0.717, 1.165) is 0 Å². The summed E-state index contributed by atoms with van der Waals surface area (Å²) in [4.78, 5) is 25.6. The number of nitrogens with zero attached hydrogens (tertiary/aromatic N) is 6. The molecule has 3 aromatic rings. The van der Waals surface area contributed by atoms with Crippen LogP contribution in [0.2, 0.25) is 0 Å². The van der Waals surface area contributed by atoms with Gasteiger partial charge in [-0.05, 0) is 42.8 Å². The van der Waals surface area contributed by atoms with Crippen LogP contribution >= 0.6 is 0 Å². The molecule has 0 unspecified atom stereocenters. The third-order valence-electron chi connectivity index (χ3n) is 4.19. The largest absolute Gasteiger partial charge is 0.355 e. The molecule has 2 heterocycles. The summed E-state index contributed by atoms with van der Waals surface area (Å²) in [5, 5.41) is 21.5. The lowest BCUT2D eigenvalue weighted by atomic mass is 10.2. The predicted molar refractivity (Wildman–Crippen MR) is 102 cm³/mol. The van der Waals surface area contributed by atoms with E-state index in [9.17, 15) is 14.0 Å². The molecule has 0 spiro atoms. The maximum Gasteiger partial charge on any atom is 0.256 e. The van der Waals surface area contributed by atoms with Gasteiger partial charge in [0.15, 0.2) is 0 Å². The van der Waals surface area contributed by atoms with Crippen molar-refractivity contribution in [3.63, 3.8) is 0 Å². The van der Waals surface area contributed by atoms with Gasteiger partial charge >= 0.3 is 0 Å². The molecular formula is C18H21FN8O2. The van der Waals surface area contributed by atoms with Crippen LogP contribution in [0.1, 0.15) is 30.1 Å². The van der Waals surface area contributed by atoms with Crippen molar-refractivity contribution in [2.75, 3.05) is 12.4 Å². The summed E-state index contributed by atoms with van der Waals surface area (Å²) in [7, 11) is 1.52. The second kappa shape index (κ2) is 9.04. The summed E-state index contributed by atoms with van der Waals surface area (Å²) in [6.07, 6.45) is 2.10. The van der Waals surface area contributed by atoms with E-state index in [1.54, 1.807) is 16.8 Å². The number of aromatic nitrogens is 6. The van der Waals surface area contributed by atoms with Crippen LogP contribution < -0.4 is 10.6 Å². The first kappa shape index (κ1) is 20.1. The number of aryl methyl sites for hydroxylation is 2. The molecule has 0 aliphatic carbocycles. The number of nitrogens with one attached hydrogen (secondary N) is 2. The molecule has 0 atom stereocenters. The van der Waals surface area contributed by atoms with Crippen molar-refractivity contribution in [3.8, 4) is 11.4 Å². The van der Waals surface area contributed by atoms with Gasteiger partial charge in [0.25, 0.3) is 5.91 Å². The Bertz CT molecular complexity index is 996. The number of hydrogen-bond acceptors (Lipinski definition) is 6. The Morgan fingerprint density at radius 3 is 2.66 bits per heavy atom. The molecule has 152 valence electrons. The number of carbonyl (C=O) groups excluding carboxylic acids is 2. The Labute approximate surface area is 166 Å². The van der Waals surface area contributed by atoms with E-state index in [4.69, 9.17) is 0 Å². The first-order valence-electron chi connectivity index (χ1n) is 9.13. The molecule has 0 aliphatic rings. The van der Waals surface area contributed by atoms with Gasteiger partial charge in [-0.3, -0.25) is 9.59 Å². The highest BCUT2D eigenvalue weighted by Crippen LogP contribution is 2.16. The van der Waals surface area contributed by atoms with Crippen LogP contribution in [0, 0.1) is 5.82 Å². The molecule has 0 fully saturated rings. The van der Waals surface area contributed by atoms with Gasteiger partial charge in [0.05, 0.1) is 12.7 Å². The summed E-state index contributed by atoms with van der Waals surface area (Å²) >= 11 is 0. The van der Waals surface area contributed by atoms with E-state index in [1.165, 1.54) is 30.2 Å². The van der Waals surface area contributed by atoms with E-state index < -0.39 is 0 Å². The van der Waals surface area contributed by atoms with Crippen LogP contribution in [0.4, 0.5) is 10.2 Å². The van der Waals surface area contributed by atoms with Crippen LogP contribution in [-0.4, -0.2) is 48.8 Å². The second-order valence-corrected chi connectivity index (χ2v) is 6.17. The quantitative estimate of drug-likeness (QED) is 0.591. The Morgan fingerprint density at radius 1 is 1.21 bits per heavy atom. The number of amides is 2. The van der Waals surface area contributed by atoms with Gasteiger partial charge in [-0.25, -0.2) is 9.07 Å². The summed E-state index contributed by atoms with van der Waals surface area (Å²) in [6, 6.07) is 5.80. The molecule has 2 amide bonds. The molecule has 0 bridgehead atoms. The van der Waals surface area contributed by atoms with Gasteiger partial charge in [0, 0.05) is 25.6 Å². The van der Waals surface area contributed by atoms with Gasteiger partial charge in [0.1, 0.15) is 17.2 Å². The standard InChI is InChI=1S/C18H21FN8O2/c1-3-26-17(14(11-21-26)18(29)20-2)22-15(28)5-4-10-27-24-16(23-25-27)12-6-8-13(19)9-7-12/h6-9,11H,3-5,10H2,1-2H3,(H,20,29)(H,22,28). The summed E-state index contributed by atoms with van der Waals surface area (Å²) < 4.78 is 14.5. The van der Waals surface area contributed by atoms with Crippen LogP contribution in [0.3, 0.4) is 0 Å². The van der Waals surface area contributed by atoms with Crippen molar-refractivity contribution >= 4 is 17.6 Å². The zero-order chi connectivity index (χ0) is 20.8. The third-order valence-corrected chi connectivity index (χ3v) is 4.19. The van der Waals surface area contributed by atoms with Crippen molar-refractivity contribution in [2.45, 2.75) is 32.9 Å². The lowest BCUT2D eigenvalue weighted by molar-refractivity contribution is -0.116. The lowest BCUT2D eigenvalue weighted by Crippen LogP contribution is -2.22. The number of benzene rings is 1. The van der Waals surface area contributed by atoms with Crippen molar-refractivity contribution in [1.82, 2.24) is 35.3 Å². The zero-order valence-electron chi connectivity index (χ0n) is 16.1. The van der Waals surface area contributed by atoms with E-state index in [0.29, 0.717) is 42.3 Å². The van der Waals surface area contributed by atoms with Crippen LogP contribution in [0.15, 0.2) is 30.5 Å². The summed E-state index contributed by atoms with van der Waals surface area (Å²) in [5.74, 6) is -0.147. The molecule has 0 aliphatic heterocycles. The molecule has 2 N–H and O–H groups in total. The molecule has 1 aromatic carbocycles. The van der Waals surface area contributed by atoms with Gasteiger partial charge in [-0.2, -0.15) is 9.90 Å². The maximum atomic E-state index is 13.0. The average molecular weight is 400 g/mol. The summed E-state index contributed by atoms with van der Waals surface area (Å²) in [6.45, 7) is 2.77. The SMILES string of the molecule is CCn1ncc(C(=O)NC)c1NC(=O)CCCn1nnc(-c2ccc(F)cc2)n1. The number of hydrogen-bond donors (Lipinski definition) is 2. The number of anilines is 1. The number of carbonyl (C=O) groups is 2. The fourth-order valence-electron chi connectivity index (χ4n) is 2.69. The Kier molecular flexibility index (Phi) is 6.27. The van der Waals surface area contributed by atoms with Crippen LogP contribution in [0.25, 0.3) is 11.4 Å². The highest BCUT2D eigenvalue weighted by molar-refractivity contribution is 6.02. The highest BCUT2D eigenvalue weighted by atomic mass is 19.1. The zero-order valence-corrected chi connectivity index (χ0v) is 16.1. The van der Waals surface area contributed by atoms with Gasteiger partial charge in [0.2, 0.25) is 11.7 Å². The third kappa shape index (κ3) is 4.81. The topological polar surface area (TPSA) is 120 Å². The second-order valence-electron chi connectivity index (χ2n) is 6.17. The van der Waals surface area contributed by atoms with Crippen molar-refractivity contribution < 1.29 is 14.0 Å². The predicted octanol–water partition coefficient (Wildman–Crippen LogP) is 1.47. The molecule has 10 nitrogen and oxygen atoms in total. The average Bonchev–Trinajstić information content (AvgIpc) is 3.35. The van der Waals surface area contributed by atoms with E-state index in [2.05, 4.69) is 31.1 Å². The molecule has 29 heavy (non-hydrogen) atoms. The van der Waals surface area contributed by atoms with Gasteiger partial charge in [-0.15, -0.1) is 10.2 Å². The van der Waals surface area contributed by atoms with Crippen molar-refractivity contribution in [1.29, 1.82) is 0 Å². The maximum absolute atomic E-state index is 13.0. The molecule has 0 radical (unpaired) electrons. The fourth-order valence-corrected chi connectivity index (χ4v) is 2.69. The molecule has 2 aromatic heterocycles. The van der Waals surface area contributed by atoms with Crippen molar-refractivity contribution in [3.05, 3.63) is 41.8 Å². The Hall–Kier alpha value is -3.63. The van der Waals surface area contributed by atoms with Gasteiger partial charge in [-0.1, -0.05) is 0 Å². The highest BCUT2D eigenvalue weighted by Gasteiger charge is 2.18.